The number of amides is 1. The first-order chi connectivity index (χ1) is 15.4. The summed E-state index contributed by atoms with van der Waals surface area (Å²) in [6.45, 7) is 1.98. The molecule has 9 nitrogen and oxygen atoms in total. The monoisotopic (exact) mass is 492 g/mol. The van der Waals surface area contributed by atoms with Crippen LogP contribution in [-0.4, -0.2) is 38.7 Å². The maximum absolute atomic E-state index is 12.2. The van der Waals surface area contributed by atoms with Gasteiger partial charge in [0.05, 0.1) is 35.2 Å². The van der Waals surface area contributed by atoms with Crippen LogP contribution in [0.3, 0.4) is 0 Å². The van der Waals surface area contributed by atoms with Crippen LogP contribution in [0.15, 0.2) is 29.0 Å². The second-order valence-electron chi connectivity index (χ2n) is 8.19. The van der Waals surface area contributed by atoms with E-state index in [4.69, 9.17) is 5.26 Å². The van der Waals surface area contributed by atoms with Crippen LogP contribution in [0.5, 0.6) is 0 Å². The molecule has 1 aliphatic rings. The molecule has 0 saturated heterocycles. The van der Waals surface area contributed by atoms with Crippen LogP contribution in [0.2, 0.25) is 0 Å². The van der Waals surface area contributed by atoms with Crippen LogP contribution in [0, 0.1) is 28.1 Å². The van der Waals surface area contributed by atoms with E-state index in [1.165, 1.54) is 0 Å². The summed E-state index contributed by atoms with van der Waals surface area (Å²) < 4.78 is 2.22. The summed E-state index contributed by atoms with van der Waals surface area (Å²) in [5.74, 6) is 0.497. The van der Waals surface area contributed by atoms with Gasteiger partial charge in [-0.3, -0.25) is 4.79 Å². The highest BCUT2D eigenvalue weighted by Crippen LogP contribution is 2.39. The number of nitrogens with zero attached hydrogens (tertiary/aromatic N) is 6. The van der Waals surface area contributed by atoms with Gasteiger partial charge in [-0.05, 0) is 59.0 Å². The number of carbonyl (C=O) groups is 1. The van der Waals surface area contributed by atoms with E-state index in [1.807, 2.05) is 13.0 Å². The summed E-state index contributed by atoms with van der Waals surface area (Å²) >= 11 is 3.46. The van der Waals surface area contributed by atoms with Crippen molar-refractivity contribution in [2.45, 2.75) is 38.6 Å². The van der Waals surface area contributed by atoms with E-state index in [-0.39, 0.29) is 18.4 Å². The summed E-state index contributed by atoms with van der Waals surface area (Å²) in [5, 5.41) is 29.8. The fourth-order valence-corrected chi connectivity index (χ4v) is 4.67. The first-order valence-corrected chi connectivity index (χ1v) is 11.0. The minimum absolute atomic E-state index is 0.0470. The highest BCUT2D eigenvalue weighted by Gasteiger charge is 2.40. The number of hydrogen-bond acceptors (Lipinski definition) is 7. The van der Waals surface area contributed by atoms with Crippen LogP contribution < -0.4 is 10.6 Å². The Morgan fingerprint density at radius 2 is 2.19 bits per heavy atom. The molecule has 0 radical (unpaired) electrons. The first-order valence-electron chi connectivity index (χ1n) is 10.2. The van der Waals surface area contributed by atoms with Crippen LogP contribution in [0.4, 0.5) is 5.95 Å². The lowest BCUT2D eigenvalue weighted by atomic mass is 9.87. The number of halogens is 1. The minimum atomic E-state index is -0.407. The van der Waals surface area contributed by atoms with Gasteiger partial charge in [0.15, 0.2) is 5.65 Å². The molecular formula is C22H21BrN8O. The van der Waals surface area contributed by atoms with E-state index < -0.39 is 5.41 Å². The first kappa shape index (κ1) is 21.7. The summed E-state index contributed by atoms with van der Waals surface area (Å²) in [4.78, 5) is 21.3. The second-order valence-corrected chi connectivity index (χ2v) is 8.94. The van der Waals surface area contributed by atoms with E-state index in [2.05, 4.69) is 53.8 Å². The molecule has 4 rings (SSSR count). The number of nitriles is 2. The lowest BCUT2D eigenvalue weighted by Gasteiger charge is -2.22. The van der Waals surface area contributed by atoms with Crippen molar-refractivity contribution in [3.05, 3.63) is 40.1 Å². The zero-order chi connectivity index (χ0) is 22.9. The fraction of sp³-hybridized carbons (Fsp3) is 0.364. The van der Waals surface area contributed by atoms with Gasteiger partial charge in [-0.15, -0.1) is 0 Å². The standard InChI is InChI=1S/C22H21BrN8O/c1-22(20(32)26-2)5-3-15(10-22)28-21-27-12-17-18(23)30-31(19(17)29-21)16-8-13(4-6-24)7-14(9-16)11-25/h7-9,12,15H,3-5,10H2,1-2H3,(H,26,32)(H,27,28,29)/t15-,22-/m1/s1. The van der Waals surface area contributed by atoms with Gasteiger partial charge in [-0.1, -0.05) is 6.92 Å². The second kappa shape index (κ2) is 8.56. The smallest absolute Gasteiger partial charge is 0.225 e. The van der Waals surface area contributed by atoms with Crippen molar-refractivity contribution >= 4 is 38.8 Å². The highest BCUT2D eigenvalue weighted by atomic mass is 79.9. The van der Waals surface area contributed by atoms with Crippen molar-refractivity contribution in [2.24, 2.45) is 5.41 Å². The molecule has 2 aromatic heterocycles. The Labute approximate surface area is 193 Å². The summed E-state index contributed by atoms with van der Waals surface area (Å²) in [6.07, 6.45) is 4.21. The van der Waals surface area contributed by atoms with Crippen molar-refractivity contribution in [1.29, 1.82) is 10.5 Å². The maximum atomic E-state index is 12.2. The molecule has 1 saturated carbocycles. The molecule has 1 aromatic carbocycles. The van der Waals surface area contributed by atoms with Crippen molar-refractivity contribution < 1.29 is 4.79 Å². The quantitative estimate of drug-likeness (QED) is 0.558. The lowest BCUT2D eigenvalue weighted by molar-refractivity contribution is -0.129. The number of hydrogen-bond donors (Lipinski definition) is 2. The zero-order valence-corrected chi connectivity index (χ0v) is 19.3. The highest BCUT2D eigenvalue weighted by molar-refractivity contribution is 9.10. The molecule has 2 atom stereocenters. The van der Waals surface area contributed by atoms with Gasteiger partial charge in [0, 0.05) is 24.7 Å². The molecule has 0 bridgehead atoms. The summed E-state index contributed by atoms with van der Waals surface area (Å²) in [5.41, 5.74) is 1.98. The van der Waals surface area contributed by atoms with Crippen molar-refractivity contribution in [1.82, 2.24) is 25.1 Å². The lowest BCUT2D eigenvalue weighted by Crippen LogP contribution is -2.35. The van der Waals surface area contributed by atoms with Crippen LogP contribution in [0.25, 0.3) is 16.7 Å². The molecule has 0 spiro atoms. The largest absolute Gasteiger partial charge is 0.359 e. The van der Waals surface area contributed by atoms with Crippen molar-refractivity contribution in [2.75, 3.05) is 12.4 Å². The molecular weight excluding hydrogens is 472 g/mol. The number of aromatic nitrogens is 4. The molecule has 3 aromatic rings. The normalized spacial score (nSPS) is 20.0. The Morgan fingerprint density at radius 1 is 1.38 bits per heavy atom. The molecule has 1 aliphatic carbocycles. The molecule has 32 heavy (non-hydrogen) atoms. The van der Waals surface area contributed by atoms with Gasteiger partial charge in [0.25, 0.3) is 0 Å². The summed E-state index contributed by atoms with van der Waals surface area (Å²) in [7, 11) is 1.66. The van der Waals surface area contributed by atoms with E-state index >= 15 is 0 Å². The molecule has 2 heterocycles. The molecule has 1 amide bonds. The zero-order valence-electron chi connectivity index (χ0n) is 17.7. The van der Waals surface area contributed by atoms with Crippen molar-refractivity contribution in [3.8, 4) is 17.8 Å². The van der Waals surface area contributed by atoms with Gasteiger partial charge in [-0.2, -0.15) is 20.6 Å². The third-order valence-electron chi connectivity index (χ3n) is 5.86. The molecule has 1 fully saturated rings. The van der Waals surface area contributed by atoms with Gasteiger partial charge in [-0.25, -0.2) is 9.67 Å². The van der Waals surface area contributed by atoms with Gasteiger partial charge < -0.3 is 10.6 Å². The fourth-order valence-electron chi connectivity index (χ4n) is 4.23. The molecule has 0 unspecified atom stereocenters. The number of anilines is 1. The number of fused-ring (bicyclic) bond motifs is 1. The topological polar surface area (TPSA) is 132 Å². The number of nitrogens with one attached hydrogen (secondary N) is 2. The predicted octanol–water partition coefficient (Wildman–Crippen LogP) is 3.23. The average molecular weight is 493 g/mol. The Bertz CT molecular complexity index is 1290. The van der Waals surface area contributed by atoms with Crippen molar-refractivity contribution in [3.63, 3.8) is 0 Å². The molecule has 162 valence electrons. The van der Waals surface area contributed by atoms with Gasteiger partial charge in [0.1, 0.15) is 4.60 Å². The van der Waals surface area contributed by atoms with Gasteiger partial charge in [0.2, 0.25) is 11.9 Å². The number of rotatable bonds is 5. The maximum Gasteiger partial charge on any atom is 0.225 e. The third-order valence-corrected chi connectivity index (χ3v) is 6.45. The molecule has 10 heteroatoms. The predicted molar refractivity (Wildman–Crippen MR) is 122 cm³/mol. The minimum Gasteiger partial charge on any atom is -0.359 e. The number of benzene rings is 1. The Hall–Kier alpha value is -3.50. The molecule has 2 N–H and O–H groups in total. The Kier molecular flexibility index (Phi) is 5.81. The van der Waals surface area contributed by atoms with Crippen LogP contribution in [0.1, 0.15) is 37.3 Å². The average Bonchev–Trinajstić information content (AvgIpc) is 3.33. The summed E-state index contributed by atoms with van der Waals surface area (Å²) in [6, 6.07) is 9.55. The van der Waals surface area contributed by atoms with Crippen LogP contribution in [-0.2, 0) is 11.2 Å². The number of carbonyl (C=O) groups excluding carboxylic acids is 1. The van der Waals surface area contributed by atoms with E-state index in [0.29, 0.717) is 33.9 Å². The SMILES string of the molecule is CNC(=O)[C@]1(C)CC[C@@H](Nc2ncc3c(Br)nn(-c4cc(C#N)cc(CC#N)c4)c3n2)C1. The van der Waals surface area contributed by atoms with Crippen LogP contribution >= 0.6 is 15.9 Å². The van der Waals surface area contributed by atoms with Gasteiger partial charge >= 0.3 is 0 Å². The van der Waals surface area contributed by atoms with E-state index in [1.54, 1.807) is 30.1 Å². The Balaban J connectivity index is 1.68. The third kappa shape index (κ3) is 4.02. The van der Waals surface area contributed by atoms with E-state index in [0.717, 1.165) is 23.8 Å². The Morgan fingerprint density at radius 3 is 2.91 bits per heavy atom. The van der Waals surface area contributed by atoms with E-state index in [9.17, 15) is 10.1 Å². The molecule has 0 aliphatic heterocycles.